The van der Waals surface area contributed by atoms with Crippen LogP contribution in [0, 0.1) is 25.7 Å². The van der Waals surface area contributed by atoms with Gasteiger partial charge in [0.1, 0.15) is 5.54 Å². The van der Waals surface area contributed by atoms with Gasteiger partial charge in [-0.1, -0.05) is 35.9 Å². The first-order chi connectivity index (χ1) is 20.2. The number of esters is 1. The highest BCUT2D eigenvalue weighted by Gasteiger charge is 2.70. The third-order valence-corrected chi connectivity index (χ3v) is 8.92. The van der Waals surface area contributed by atoms with Gasteiger partial charge in [0.15, 0.2) is 0 Å². The highest BCUT2D eigenvalue weighted by Crippen LogP contribution is 2.54. The number of aromatic nitrogens is 1. The van der Waals surface area contributed by atoms with Crippen molar-refractivity contribution in [3.05, 3.63) is 94.7 Å². The van der Waals surface area contributed by atoms with E-state index in [-0.39, 0.29) is 18.4 Å². The number of rotatable bonds is 5. The second kappa shape index (κ2) is 9.39. The number of imide groups is 1. The molecule has 0 unspecified atom stereocenters. The zero-order valence-electron chi connectivity index (χ0n) is 23.5. The summed E-state index contributed by atoms with van der Waals surface area (Å²) in [5.41, 5.74) is 4.49. The lowest BCUT2D eigenvalue weighted by molar-refractivity contribution is -0.130. The smallest absolute Gasteiger partial charge is 0.338 e. The number of benzene rings is 3. The molecule has 42 heavy (non-hydrogen) atoms. The Morgan fingerprint density at radius 2 is 1.76 bits per heavy atom. The van der Waals surface area contributed by atoms with Crippen LogP contribution in [0.1, 0.15) is 39.5 Å². The average Bonchev–Trinajstić information content (AvgIpc) is 3.68. The highest BCUT2D eigenvalue weighted by atomic mass is 16.5. The minimum atomic E-state index is -1.40. The molecular formula is C33H30N4O5. The minimum absolute atomic E-state index is 0.239. The Hall–Kier alpha value is -4.76. The maximum absolute atomic E-state index is 14.4. The molecule has 0 radical (unpaired) electrons. The van der Waals surface area contributed by atoms with Crippen molar-refractivity contribution in [3.8, 4) is 0 Å². The summed E-state index contributed by atoms with van der Waals surface area (Å²) in [7, 11) is 0. The van der Waals surface area contributed by atoms with Crippen LogP contribution < -0.4 is 15.5 Å². The summed E-state index contributed by atoms with van der Waals surface area (Å²) in [4.78, 5) is 59.3. The molecule has 1 spiro atoms. The standard InChI is InChI=1S/C33H30N4O5/c1-4-42-31(40)19-9-11-21(12-10-19)37-29(38)26-25(15-20-16-34-24-8-6-5-7-22(20)24)36-33(27(26)30(37)39)23-14-17(2)13-18(3)28(23)35-32(33)41/h5-14,16,25-27,34,36H,4,15H2,1-3H3,(H,35,41)/t25-,26-,27+,33-/m1/s1. The molecule has 0 saturated carbocycles. The number of amides is 3. The van der Waals surface area contributed by atoms with E-state index in [0.717, 1.165) is 27.6 Å². The Balaban J connectivity index is 1.34. The van der Waals surface area contributed by atoms with Crippen molar-refractivity contribution in [3.63, 3.8) is 0 Å². The van der Waals surface area contributed by atoms with Gasteiger partial charge in [-0.3, -0.25) is 19.7 Å². The zero-order valence-corrected chi connectivity index (χ0v) is 23.5. The molecule has 3 N–H and O–H groups in total. The summed E-state index contributed by atoms with van der Waals surface area (Å²) in [5.74, 6) is -3.35. The number of anilines is 2. The number of carbonyl (C=O) groups is 4. The molecule has 2 saturated heterocycles. The Labute approximate surface area is 242 Å². The fraction of sp³-hybridized carbons (Fsp3) is 0.273. The predicted molar refractivity (Wildman–Crippen MR) is 157 cm³/mol. The van der Waals surface area contributed by atoms with Gasteiger partial charge in [0.2, 0.25) is 17.7 Å². The number of H-pyrrole nitrogens is 1. The zero-order chi connectivity index (χ0) is 29.3. The molecule has 3 aliphatic rings. The van der Waals surface area contributed by atoms with E-state index in [1.165, 1.54) is 4.90 Å². The van der Waals surface area contributed by atoms with Crippen molar-refractivity contribution in [2.75, 3.05) is 16.8 Å². The van der Waals surface area contributed by atoms with Gasteiger partial charge in [0, 0.05) is 34.4 Å². The van der Waals surface area contributed by atoms with E-state index >= 15 is 0 Å². The molecule has 3 aromatic carbocycles. The van der Waals surface area contributed by atoms with Crippen LogP contribution in [0.15, 0.2) is 66.9 Å². The van der Waals surface area contributed by atoms with Crippen LogP contribution in [0.2, 0.25) is 0 Å². The maximum Gasteiger partial charge on any atom is 0.338 e. The van der Waals surface area contributed by atoms with E-state index in [2.05, 4.69) is 15.6 Å². The van der Waals surface area contributed by atoms with Gasteiger partial charge in [0.25, 0.3) is 0 Å². The van der Waals surface area contributed by atoms with Gasteiger partial charge >= 0.3 is 5.97 Å². The monoisotopic (exact) mass is 562 g/mol. The lowest BCUT2D eigenvalue weighted by Crippen LogP contribution is -2.53. The predicted octanol–water partition coefficient (Wildman–Crippen LogP) is 4.13. The van der Waals surface area contributed by atoms with Crippen LogP contribution in [0.25, 0.3) is 10.9 Å². The van der Waals surface area contributed by atoms with Crippen LogP contribution in [0.5, 0.6) is 0 Å². The maximum atomic E-state index is 14.4. The SMILES string of the molecule is CCOC(=O)c1ccc(N2C(=O)[C@H]3[C@@H](C2=O)[C@@]2(N[C@@H]3Cc3c[nH]c4ccccc34)C(=O)Nc3c(C)cc(C)cc32)cc1. The number of nitrogens with one attached hydrogen (secondary N) is 3. The molecule has 212 valence electrons. The quantitative estimate of drug-likeness (QED) is 0.249. The second-order valence-electron chi connectivity index (χ2n) is 11.4. The molecule has 2 fully saturated rings. The molecule has 3 amide bonds. The number of fused-ring (bicyclic) bond motifs is 5. The number of hydrogen-bond acceptors (Lipinski definition) is 6. The fourth-order valence-corrected chi connectivity index (χ4v) is 7.19. The van der Waals surface area contributed by atoms with Gasteiger partial charge in [-0.25, -0.2) is 9.69 Å². The van der Waals surface area contributed by atoms with Crippen LogP contribution in [-0.2, 0) is 31.1 Å². The van der Waals surface area contributed by atoms with Crippen molar-refractivity contribution in [1.82, 2.24) is 10.3 Å². The molecule has 4 atom stereocenters. The lowest BCUT2D eigenvalue weighted by Gasteiger charge is -2.30. The normalized spacial score (nSPS) is 24.4. The van der Waals surface area contributed by atoms with Gasteiger partial charge in [0.05, 0.1) is 29.7 Å². The van der Waals surface area contributed by atoms with E-state index in [0.29, 0.717) is 28.9 Å². The van der Waals surface area contributed by atoms with Crippen molar-refractivity contribution in [2.24, 2.45) is 11.8 Å². The Bertz CT molecular complexity index is 1810. The van der Waals surface area contributed by atoms with E-state index in [9.17, 15) is 19.2 Å². The molecule has 1 aromatic heterocycles. The molecule has 0 bridgehead atoms. The molecule has 9 nitrogen and oxygen atoms in total. The van der Waals surface area contributed by atoms with Gasteiger partial charge in [-0.15, -0.1) is 0 Å². The molecular weight excluding hydrogens is 532 g/mol. The number of nitrogens with zero attached hydrogens (tertiary/aromatic N) is 1. The number of ether oxygens (including phenoxy) is 1. The van der Waals surface area contributed by atoms with E-state index < -0.39 is 35.3 Å². The summed E-state index contributed by atoms with van der Waals surface area (Å²) in [6, 6.07) is 17.6. The van der Waals surface area contributed by atoms with Crippen LogP contribution in [0.3, 0.4) is 0 Å². The largest absolute Gasteiger partial charge is 0.462 e. The van der Waals surface area contributed by atoms with Crippen molar-refractivity contribution < 1.29 is 23.9 Å². The minimum Gasteiger partial charge on any atom is -0.462 e. The average molecular weight is 563 g/mol. The summed E-state index contributed by atoms with van der Waals surface area (Å²) in [6.07, 6.45) is 2.37. The third kappa shape index (κ3) is 3.59. The van der Waals surface area contributed by atoms with Crippen LogP contribution in [-0.4, -0.2) is 41.3 Å². The lowest BCUT2D eigenvalue weighted by atomic mass is 9.75. The first-order valence-corrected chi connectivity index (χ1v) is 14.2. The highest BCUT2D eigenvalue weighted by molar-refractivity contribution is 6.26. The van der Waals surface area contributed by atoms with Crippen LogP contribution >= 0.6 is 0 Å². The Morgan fingerprint density at radius 1 is 1.00 bits per heavy atom. The van der Waals surface area contributed by atoms with Gasteiger partial charge < -0.3 is 15.0 Å². The van der Waals surface area contributed by atoms with Crippen molar-refractivity contribution in [2.45, 2.75) is 38.8 Å². The molecule has 4 heterocycles. The summed E-state index contributed by atoms with van der Waals surface area (Å²) < 4.78 is 5.08. The van der Waals surface area contributed by atoms with Crippen molar-refractivity contribution in [1.29, 1.82) is 0 Å². The van der Waals surface area contributed by atoms with Gasteiger partial charge in [-0.2, -0.15) is 0 Å². The Morgan fingerprint density at radius 3 is 2.52 bits per heavy atom. The number of hydrogen-bond donors (Lipinski definition) is 3. The topological polar surface area (TPSA) is 121 Å². The first-order valence-electron chi connectivity index (χ1n) is 14.2. The number of carbonyl (C=O) groups excluding carboxylic acids is 4. The van der Waals surface area contributed by atoms with Crippen LogP contribution in [0.4, 0.5) is 11.4 Å². The summed E-state index contributed by atoms with van der Waals surface area (Å²) >= 11 is 0. The number of aromatic amines is 1. The summed E-state index contributed by atoms with van der Waals surface area (Å²) in [5, 5.41) is 7.61. The fourth-order valence-electron chi connectivity index (χ4n) is 7.19. The van der Waals surface area contributed by atoms with E-state index in [1.807, 2.05) is 56.4 Å². The molecule has 7 rings (SSSR count). The van der Waals surface area contributed by atoms with Gasteiger partial charge in [-0.05, 0) is 68.7 Å². The number of para-hydroxylation sites is 1. The molecule has 3 aliphatic heterocycles. The summed E-state index contributed by atoms with van der Waals surface area (Å²) in [6.45, 7) is 5.85. The molecule has 4 aromatic rings. The third-order valence-electron chi connectivity index (χ3n) is 8.92. The first kappa shape index (κ1) is 26.2. The number of aryl methyl sites for hydroxylation is 2. The Kier molecular flexibility index (Phi) is 5.85. The van der Waals surface area contributed by atoms with Crippen molar-refractivity contribution >= 4 is 46.0 Å². The second-order valence-corrected chi connectivity index (χ2v) is 11.4. The molecule has 9 heteroatoms. The van der Waals surface area contributed by atoms with E-state index in [4.69, 9.17) is 4.74 Å². The molecule has 0 aliphatic carbocycles. The van der Waals surface area contributed by atoms with E-state index in [1.54, 1.807) is 31.2 Å².